The number of carbonyl (C=O) groups is 1. The van der Waals surface area contributed by atoms with E-state index in [-0.39, 0.29) is 11.3 Å². The normalized spacial score (nSPS) is 13.0. The van der Waals surface area contributed by atoms with Gasteiger partial charge in [-0.25, -0.2) is 12.8 Å². The number of nitrogens with one attached hydrogen (secondary N) is 2. The second kappa shape index (κ2) is 7.61. The maximum atomic E-state index is 14.6. The summed E-state index contributed by atoms with van der Waals surface area (Å²) in [5, 5.41) is 11.1. The number of rotatable bonds is 5. The molecule has 0 fully saturated rings. The molecule has 0 saturated heterocycles. The summed E-state index contributed by atoms with van der Waals surface area (Å²) in [7, 11) is -3.72. The summed E-state index contributed by atoms with van der Waals surface area (Å²) in [6, 6.07) is 5.06. The fourth-order valence-electron chi connectivity index (χ4n) is 2.24. The molecule has 0 saturated carbocycles. The standard InChI is InChI=1S/C16H14F4N4O3S/c1-9(16(18,19)20)23-28(26,27)12-8-24(2)14(13(12)17)15(25)22-11-5-3-4-10(6-11)7-21/h3-6,8-9,23H,1-2H3,(H,22,25)/t9-/m1/s1. The van der Waals surface area contributed by atoms with Gasteiger partial charge in [-0.15, -0.1) is 0 Å². The molecule has 150 valence electrons. The van der Waals surface area contributed by atoms with Crippen molar-refractivity contribution in [2.24, 2.45) is 7.05 Å². The highest BCUT2D eigenvalue weighted by atomic mass is 32.2. The van der Waals surface area contributed by atoms with E-state index in [1.165, 1.54) is 29.0 Å². The van der Waals surface area contributed by atoms with Crippen molar-refractivity contribution in [3.8, 4) is 6.07 Å². The van der Waals surface area contributed by atoms with Crippen LogP contribution in [0.2, 0.25) is 0 Å². The number of hydrogen-bond acceptors (Lipinski definition) is 4. The van der Waals surface area contributed by atoms with Crippen molar-refractivity contribution in [1.29, 1.82) is 5.26 Å². The van der Waals surface area contributed by atoms with Gasteiger partial charge in [-0.1, -0.05) is 6.07 Å². The molecule has 0 aliphatic carbocycles. The largest absolute Gasteiger partial charge is 0.404 e. The van der Waals surface area contributed by atoms with E-state index < -0.39 is 44.6 Å². The van der Waals surface area contributed by atoms with E-state index in [2.05, 4.69) is 5.32 Å². The highest BCUT2D eigenvalue weighted by molar-refractivity contribution is 7.89. The molecule has 0 aliphatic rings. The lowest BCUT2D eigenvalue weighted by Crippen LogP contribution is -2.43. The number of amides is 1. The molecule has 7 nitrogen and oxygen atoms in total. The fourth-order valence-corrected chi connectivity index (χ4v) is 3.59. The van der Waals surface area contributed by atoms with Crippen LogP contribution in [0.4, 0.5) is 23.2 Å². The Balaban J connectivity index is 2.35. The third-order valence-electron chi connectivity index (χ3n) is 3.66. The average molecular weight is 418 g/mol. The number of anilines is 1. The van der Waals surface area contributed by atoms with Gasteiger partial charge < -0.3 is 9.88 Å². The molecular formula is C16H14F4N4O3S. The van der Waals surface area contributed by atoms with Crippen LogP contribution in [-0.4, -0.2) is 31.1 Å². The minimum atomic E-state index is -4.88. The van der Waals surface area contributed by atoms with Crippen LogP contribution in [0.15, 0.2) is 35.4 Å². The smallest absolute Gasteiger partial charge is 0.343 e. The lowest BCUT2D eigenvalue weighted by molar-refractivity contribution is -0.147. The Morgan fingerprint density at radius 2 is 1.96 bits per heavy atom. The number of hydrogen-bond donors (Lipinski definition) is 2. The van der Waals surface area contributed by atoms with Crippen molar-refractivity contribution in [1.82, 2.24) is 9.29 Å². The van der Waals surface area contributed by atoms with Gasteiger partial charge in [-0.3, -0.25) is 4.79 Å². The Morgan fingerprint density at radius 1 is 1.32 bits per heavy atom. The van der Waals surface area contributed by atoms with E-state index in [4.69, 9.17) is 5.26 Å². The van der Waals surface area contributed by atoms with Crippen molar-refractivity contribution >= 4 is 21.6 Å². The van der Waals surface area contributed by atoms with Gasteiger partial charge in [0.2, 0.25) is 10.0 Å². The van der Waals surface area contributed by atoms with E-state index >= 15 is 0 Å². The number of halogens is 4. The number of sulfonamides is 1. The van der Waals surface area contributed by atoms with Crippen molar-refractivity contribution in [2.45, 2.75) is 24.0 Å². The average Bonchev–Trinajstić information content (AvgIpc) is 2.89. The Morgan fingerprint density at radius 3 is 2.54 bits per heavy atom. The molecule has 0 unspecified atom stereocenters. The Labute approximate surface area is 157 Å². The zero-order valence-electron chi connectivity index (χ0n) is 14.5. The van der Waals surface area contributed by atoms with Crippen LogP contribution in [0.1, 0.15) is 23.0 Å². The topological polar surface area (TPSA) is 104 Å². The van der Waals surface area contributed by atoms with Crippen molar-refractivity contribution in [3.63, 3.8) is 0 Å². The first-order chi connectivity index (χ1) is 12.9. The molecule has 28 heavy (non-hydrogen) atoms. The first-order valence-electron chi connectivity index (χ1n) is 7.62. The van der Waals surface area contributed by atoms with Gasteiger partial charge in [0, 0.05) is 18.9 Å². The molecule has 1 amide bonds. The zero-order valence-corrected chi connectivity index (χ0v) is 15.3. The molecule has 1 aromatic heterocycles. The second-order valence-electron chi connectivity index (χ2n) is 5.80. The maximum Gasteiger partial charge on any atom is 0.404 e. The summed E-state index contributed by atoms with van der Waals surface area (Å²) in [6.07, 6.45) is -4.17. The Bertz CT molecular complexity index is 1050. The second-order valence-corrected chi connectivity index (χ2v) is 7.48. The molecule has 2 rings (SSSR count). The van der Waals surface area contributed by atoms with Crippen molar-refractivity contribution < 1.29 is 30.8 Å². The number of nitriles is 1. The van der Waals surface area contributed by atoms with Crippen LogP contribution in [0.25, 0.3) is 0 Å². The predicted molar refractivity (Wildman–Crippen MR) is 90.3 cm³/mol. The fraction of sp³-hybridized carbons (Fsp3) is 0.250. The van der Waals surface area contributed by atoms with Crippen molar-refractivity contribution in [3.05, 3.63) is 47.5 Å². The van der Waals surface area contributed by atoms with E-state index in [9.17, 15) is 30.8 Å². The quantitative estimate of drug-likeness (QED) is 0.728. The number of aromatic nitrogens is 1. The van der Waals surface area contributed by atoms with Gasteiger partial charge in [0.05, 0.1) is 11.6 Å². The highest BCUT2D eigenvalue weighted by Gasteiger charge is 2.40. The van der Waals surface area contributed by atoms with Crippen LogP contribution in [0, 0.1) is 17.1 Å². The summed E-state index contributed by atoms with van der Waals surface area (Å²) in [4.78, 5) is 11.2. The molecule has 0 aliphatic heterocycles. The molecule has 1 heterocycles. The van der Waals surface area contributed by atoms with Gasteiger partial charge in [0.1, 0.15) is 16.6 Å². The van der Waals surface area contributed by atoms with Gasteiger partial charge in [-0.2, -0.15) is 23.2 Å². The number of carbonyl (C=O) groups excluding carboxylic acids is 1. The van der Waals surface area contributed by atoms with E-state index in [0.717, 1.165) is 11.6 Å². The van der Waals surface area contributed by atoms with Crippen LogP contribution in [-0.2, 0) is 17.1 Å². The molecule has 0 radical (unpaired) electrons. The third-order valence-corrected chi connectivity index (χ3v) is 5.19. The lowest BCUT2D eigenvalue weighted by Gasteiger charge is -2.16. The minimum Gasteiger partial charge on any atom is -0.343 e. The Hall–Kier alpha value is -2.91. The molecule has 0 bridgehead atoms. The van der Waals surface area contributed by atoms with Crippen LogP contribution in [0.3, 0.4) is 0 Å². The Kier molecular flexibility index (Phi) is 5.81. The maximum absolute atomic E-state index is 14.6. The van der Waals surface area contributed by atoms with E-state index in [1.807, 2.05) is 6.07 Å². The summed E-state index contributed by atoms with van der Waals surface area (Å²) in [5.41, 5.74) is -0.334. The lowest BCUT2D eigenvalue weighted by atomic mass is 10.2. The summed E-state index contributed by atoms with van der Waals surface area (Å²) < 4.78 is 78.8. The molecule has 1 aromatic carbocycles. The van der Waals surface area contributed by atoms with Crippen LogP contribution >= 0.6 is 0 Å². The molecular weight excluding hydrogens is 404 g/mol. The molecule has 1 atom stereocenters. The van der Waals surface area contributed by atoms with Crippen LogP contribution < -0.4 is 10.0 Å². The van der Waals surface area contributed by atoms with Gasteiger partial charge in [-0.05, 0) is 25.1 Å². The molecule has 12 heteroatoms. The molecule has 2 aromatic rings. The number of aryl methyl sites for hydroxylation is 1. The number of alkyl halides is 3. The molecule has 0 spiro atoms. The predicted octanol–water partition coefficient (Wildman–Crippen LogP) is 2.52. The minimum absolute atomic E-state index is 0.151. The van der Waals surface area contributed by atoms with E-state index in [1.54, 1.807) is 0 Å². The SMILES string of the molecule is C[C@@H](NS(=O)(=O)c1cn(C)c(C(=O)Nc2cccc(C#N)c2)c1F)C(F)(F)F. The summed E-state index contributed by atoms with van der Waals surface area (Å²) in [6.45, 7) is 0.564. The number of benzene rings is 1. The van der Waals surface area contributed by atoms with Crippen LogP contribution in [0.5, 0.6) is 0 Å². The first kappa shape index (κ1) is 21.4. The monoisotopic (exact) mass is 418 g/mol. The summed E-state index contributed by atoms with van der Waals surface area (Å²) >= 11 is 0. The van der Waals surface area contributed by atoms with Gasteiger partial charge in [0.15, 0.2) is 5.82 Å². The van der Waals surface area contributed by atoms with Gasteiger partial charge in [0.25, 0.3) is 5.91 Å². The number of nitrogens with zero attached hydrogens (tertiary/aromatic N) is 2. The zero-order chi connectivity index (χ0) is 21.3. The summed E-state index contributed by atoms with van der Waals surface area (Å²) in [5.74, 6) is -2.54. The van der Waals surface area contributed by atoms with Crippen molar-refractivity contribution in [2.75, 3.05) is 5.32 Å². The highest BCUT2D eigenvalue weighted by Crippen LogP contribution is 2.25. The van der Waals surface area contributed by atoms with E-state index in [0.29, 0.717) is 13.1 Å². The van der Waals surface area contributed by atoms with Gasteiger partial charge >= 0.3 is 6.18 Å². The third kappa shape index (κ3) is 4.49. The first-order valence-corrected chi connectivity index (χ1v) is 9.10. The molecule has 2 N–H and O–H groups in total.